The third kappa shape index (κ3) is 16.6. The van der Waals surface area contributed by atoms with E-state index in [0.29, 0.717) is 37.4 Å². The minimum absolute atomic E-state index is 0.00727. The molecule has 2 atom stereocenters. The van der Waals surface area contributed by atoms with Crippen molar-refractivity contribution in [1.82, 2.24) is 0 Å². The van der Waals surface area contributed by atoms with Crippen molar-refractivity contribution >= 4 is 11.9 Å². The number of unbranched alkanes of at least 4 members (excludes halogenated alkanes) is 10. The van der Waals surface area contributed by atoms with Crippen LogP contribution in [0.5, 0.6) is 0 Å². The van der Waals surface area contributed by atoms with Crippen LogP contribution in [0, 0.1) is 23.7 Å². The van der Waals surface area contributed by atoms with Gasteiger partial charge in [-0.2, -0.15) is 0 Å². The van der Waals surface area contributed by atoms with Gasteiger partial charge in [0.15, 0.2) is 0 Å². The van der Waals surface area contributed by atoms with Gasteiger partial charge in [-0.15, -0.1) is 0 Å². The Labute approximate surface area is 199 Å². The number of carbonyl (C=O) groups is 2. The van der Waals surface area contributed by atoms with Crippen LogP contribution in [0.4, 0.5) is 0 Å². The molecule has 0 aromatic carbocycles. The van der Waals surface area contributed by atoms with Crippen molar-refractivity contribution in [3.05, 3.63) is 0 Å². The Hall–Kier alpha value is -1.06. The van der Waals surface area contributed by atoms with Crippen molar-refractivity contribution in [2.75, 3.05) is 13.2 Å². The average Bonchev–Trinajstić information content (AvgIpc) is 2.73. The fourth-order valence-electron chi connectivity index (χ4n) is 4.44. The first kappa shape index (κ1) is 30.9. The van der Waals surface area contributed by atoms with Gasteiger partial charge in [-0.05, 0) is 44.4 Å². The Morgan fingerprint density at radius 2 is 1.09 bits per heavy atom. The van der Waals surface area contributed by atoms with Crippen LogP contribution in [0.3, 0.4) is 0 Å². The minimum atomic E-state index is -0.0500. The molecule has 190 valence electrons. The molecule has 0 aliphatic rings. The fourth-order valence-corrected chi connectivity index (χ4v) is 4.44. The van der Waals surface area contributed by atoms with Gasteiger partial charge in [0.25, 0.3) is 0 Å². The molecule has 4 nitrogen and oxygen atoms in total. The second-order valence-corrected chi connectivity index (χ2v) is 10.1. The molecule has 0 saturated heterocycles. The maximum atomic E-state index is 12.3. The number of ether oxygens (including phenoxy) is 2. The van der Waals surface area contributed by atoms with E-state index >= 15 is 0 Å². The SMILES string of the molecule is CCOC(=O)CCCCCCCCCCCCCC(CC(C(=O)OCC)C(C)C)C(C)C. The molecule has 2 unspecified atom stereocenters. The lowest BCUT2D eigenvalue weighted by Gasteiger charge is -2.27. The zero-order valence-corrected chi connectivity index (χ0v) is 22.3. The summed E-state index contributed by atoms with van der Waals surface area (Å²) in [4.78, 5) is 23.6. The van der Waals surface area contributed by atoms with Gasteiger partial charge in [-0.3, -0.25) is 9.59 Å². The van der Waals surface area contributed by atoms with Gasteiger partial charge in [0, 0.05) is 6.42 Å². The van der Waals surface area contributed by atoms with Gasteiger partial charge < -0.3 is 9.47 Å². The topological polar surface area (TPSA) is 52.6 Å². The predicted molar refractivity (Wildman–Crippen MR) is 135 cm³/mol. The lowest BCUT2D eigenvalue weighted by Crippen LogP contribution is -2.27. The quantitative estimate of drug-likeness (QED) is 0.130. The Morgan fingerprint density at radius 3 is 1.53 bits per heavy atom. The molecule has 0 bridgehead atoms. The van der Waals surface area contributed by atoms with Crippen LogP contribution in [0.25, 0.3) is 0 Å². The number of hydrogen-bond acceptors (Lipinski definition) is 4. The van der Waals surface area contributed by atoms with Crippen LogP contribution in [-0.2, 0) is 19.1 Å². The first-order valence-corrected chi connectivity index (χ1v) is 13.7. The van der Waals surface area contributed by atoms with Crippen LogP contribution in [0.1, 0.15) is 131 Å². The molecule has 0 aliphatic heterocycles. The Bertz CT molecular complexity index is 458. The molecule has 0 spiro atoms. The van der Waals surface area contributed by atoms with Crippen molar-refractivity contribution < 1.29 is 19.1 Å². The summed E-state index contributed by atoms with van der Waals surface area (Å²) in [5, 5.41) is 0. The second-order valence-electron chi connectivity index (χ2n) is 10.1. The van der Waals surface area contributed by atoms with Gasteiger partial charge in [0.05, 0.1) is 19.1 Å². The lowest BCUT2D eigenvalue weighted by molar-refractivity contribution is -0.150. The summed E-state index contributed by atoms with van der Waals surface area (Å²) in [6.45, 7) is 13.6. The molecule has 0 rings (SSSR count). The van der Waals surface area contributed by atoms with Gasteiger partial charge in [-0.1, -0.05) is 98.3 Å². The molecule has 0 saturated carbocycles. The van der Waals surface area contributed by atoms with Crippen LogP contribution in [0.15, 0.2) is 0 Å². The third-order valence-corrected chi connectivity index (χ3v) is 6.65. The van der Waals surface area contributed by atoms with E-state index in [2.05, 4.69) is 27.7 Å². The van der Waals surface area contributed by atoms with Crippen molar-refractivity contribution in [1.29, 1.82) is 0 Å². The predicted octanol–water partition coefficient (Wildman–Crippen LogP) is 8.12. The van der Waals surface area contributed by atoms with Crippen LogP contribution < -0.4 is 0 Å². The summed E-state index contributed by atoms with van der Waals surface area (Å²) in [6, 6.07) is 0. The fraction of sp³-hybridized carbons (Fsp3) is 0.929. The zero-order valence-electron chi connectivity index (χ0n) is 22.3. The van der Waals surface area contributed by atoms with E-state index in [1.165, 1.54) is 64.2 Å². The third-order valence-electron chi connectivity index (χ3n) is 6.65. The summed E-state index contributed by atoms with van der Waals surface area (Å²) in [5.74, 6) is 1.54. The molecule has 32 heavy (non-hydrogen) atoms. The van der Waals surface area contributed by atoms with Crippen molar-refractivity contribution in [2.45, 2.75) is 131 Å². The first-order valence-electron chi connectivity index (χ1n) is 13.7. The minimum Gasteiger partial charge on any atom is -0.466 e. The first-order chi connectivity index (χ1) is 15.3. The van der Waals surface area contributed by atoms with Gasteiger partial charge >= 0.3 is 11.9 Å². The lowest BCUT2D eigenvalue weighted by atomic mass is 9.79. The average molecular weight is 455 g/mol. The highest BCUT2D eigenvalue weighted by Crippen LogP contribution is 2.30. The van der Waals surface area contributed by atoms with E-state index < -0.39 is 0 Å². The molecule has 0 radical (unpaired) electrons. The maximum absolute atomic E-state index is 12.3. The summed E-state index contributed by atoms with van der Waals surface area (Å²) in [7, 11) is 0. The highest BCUT2D eigenvalue weighted by atomic mass is 16.5. The summed E-state index contributed by atoms with van der Waals surface area (Å²) in [5.41, 5.74) is 0. The molecule has 0 N–H and O–H groups in total. The highest BCUT2D eigenvalue weighted by Gasteiger charge is 2.28. The van der Waals surface area contributed by atoms with Gasteiger partial charge in [0.1, 0.15) is 0 Å². The van der Waals surface area contributed by atoms with Crippen LogP contribution in [0.2, 0.25) is 0 Å². The molecular formula is C28H54O4. The number of rotatable bonds is 21. The summed E-state index contributed by atoms with van der Waals surface area (Å²) in [6.07, 6.45) is 16.7. The molecule has 0 heterocycles. The number of esters is 2. The summed E-state index contributed by atoms with van der Waals surface area (Å²) < 4.78 is 10.3. The summed E-state index contributed by atoms with van der Waals surface area (Å²) >= 11 is 0. The molecule has 4 heteroatoms. The van der Waals surface area contributed by atoms with E-state index in [0.717, 1.165) is 19.3 Å². The number of carbonyl (C=O) groups excluding carboxylic acids is 2. The second kappa shape index (κ2) is 20.5. The zero-order chi connectivity index (χ0) is 24.2. The molecule has 0 aliphatic carbocycles. The van der Waals surface area contributed by atoms with Crippen LogP contribution >= 0.6 is 0 Å². The Balaban J connectivity index is 3.79. The van der Waals surface area contributed by atoms with E-state index in [9.17, 15) is 9.59 Å². The van der Waals surface area contributed by atoms with Gasteiger partial charge in [-0.25, -0.2) is 0 Å². The molecule has 0 amide bonds. The van der Waals surface area contributed by atoms with E-state index in [1.54, 1.807) is 0 Å². The monoisotopic (exact) mass is 454 g/mol. The van der Waals surface area contributed by atoms with E-state index in [4.69, 9.17) is 9.47 Å². The van der Waals surface area contributed by atoms with Crippen molar-refractivity contribution in [2.24, 2.45) is 23.7 Å². The maximum Gasteiger partial charge on any atom is 0.309 e. The Morgan fingerprint density at radius 1 is 0.625 bits per heavy atom. The molecular weight excluding hydrogens is 400 g/mol. The molecule has 0 aromatic heterocycles. The van der Waals surface area contributed by atoms with Crippen LogP contribution in [-0.4, -0.2) is 25.2 Å². The van der Waals surface area contributed by atoms with Crippen molar-refractivity contribution in [3.8, 4) is 0 Å². The largest absolute Gasteiger partial charge is 0.466 e. The van der Waals surface area contributed by atoms with E-state index in [-0.39, 0.29) is 17.9 Å². The molecule has 0 aromatic rings. The normalized spacial score (nSPS) is 13.4. The Kier molecular flexibility index (Phi) is 19.9. The number of hydrogen-bond donors (Lipinski definition) is 0. The standard InChI is InChI=1S/C28H54O4/c1-7-31-27(29)21-19-17-15-13-11-9-10-12-14-16-18-20-25(23(3)4)22-26(24(5)6)28(30)32-8-2/h23-26H,7-22H2,1-6H3. The van der Waals surface area contributed by atoms with Crippen molar-refractivity contribution in [3.63, 3.8) is 0 Å². The smallest absolute Gasteiger partial charge is 0.309 e. The molecule has 0 fully saturated rings. The van der Waals surface area contributed by atoms with E-state index in [1.807, 2.05) is 13.8 Å². The van der Waals surface area contributed by atoms with Gasteiger partial charge in [0.2, 0.25) is 0 Å². The highest BCUT2D eigenvalue weighted by molar-refractivity contribution is 5.72.